The highest BCUT2D eigenvalue weighted by molar-refractivity contribution is 6.02. The monoisotopic (exact) mass is 492 g/mol. The van der Waals surface area contributed by atoms with Gasteiger partial charge in [-0.1, -0.05) is 36.4 Å². The van der Waals surface area contributed by atoms with E-state index in [-0.39, 0.29) is 13.0 Å². The third kappa shape index (κ3) is 4.16. The van der Waals surface area contributed by atoms with Crippen LogP contribution in [0.2, 0.25) is 0 Å². The number of carboxylic acids is 1. The Kier molecular flexibility index (Phi) is 5.75. The van der Waals surface area contributed by atoms with Crippen molar-refractivity contribution in [2.75, 3.05) is 5.73 Å². The van der Waals surface area contributed by atoms with E-state index in [2.05, 4.69) is 33.9 Å². The molecule has 2 heterocycles. The van der Waals surface area contributed by atoms with E-state index in [0.717, 1.165) is 56.9 Å². The van der Waals surface area contributed by atoms with Crippen LogP contribution >= 0.6 is 0 Å². The topological polar surface area (TPSA) is 103 Å². The van der Waals surface area contributed by atoms with Crippen LogP contribution in [0, 0.1) is 6.92 Å². The summed E-state index contributed by atoms with van der Waals surface area (Å²) in [4.78, 5) is 15.7. The molecular formula is C30H28N4O3. The van der Waals surface area contributed by atoms with Crippen LogP contribution in [0.25, 0.3) is 32.8 Å². The molecule has 1 aliphatic rings. The summed E-state index contributed by atoms with van der Waals surface area (Å²) < 4.78 is 8.36. The number of benzene rings is 3. The number of carboxylic acid groups (broad SMARTS) is 1. The molecule has 0 atom stereocenters. The lowest BCUT2D eigenvalue weighted by atomic mass is 9.93. The second-order valence-corrected chi connectivity index (χ2v) is 9.72. The fraction of sp³-hybridized carbons (Fsp3) is 0.233. The molecule has 7 nitrogen and oxygen atoms in total. The fourth-order valence-corrected chi connectivity index (χ4v) is 5.20. The first-order valence-corrected chi connectivity index (χ1v) is 12.6. The molecule has 0 saturated heterocycles. The molecule has 0 bridgehead atoms. The molecular weight excluding hydrogens is 464 g/mol. The zero-order chi connectivity index (χ0) is 25.5. The zero-order valence-electron chi connectivity index (χ0n) is 20.6. The van der Waals surface area contributed by atoms with Gasteiger partial charge in [-0.2, -0.15) is 5.10 Å². The number of aliphatic carboxylic acids is 1. The molecule has 0 radical (unpaired) electrons. The highest BCUT2D eigenvalue weighted by Gasteiger charge is 2.24. The van der Waals surface area contributed by atoms with Gasteiger partial charge < -0.3 is 15.6 Å². The maximum Gasteiger partial charge on any atom is 0.307 e. The number of fused-ring (bicyclic) bond motifs is 2. The van der Waals surface area contributed by atoms with E-state index < -0.39 is 5.97 Å². The van der Waals surface area contributed by atoms with Crippen molar-refractivity contribution in [1.82, 2.24) is 14.8 Å². The Bertz CT molecular complexity index is 1650. The van der Waals surface area contributed by atoms with Crippen LogP contribution in [0.1, 0.15) is 42.1 Å². The van der Waals surface area contributed by atoms with Crippen molar-refractivity contribution in [1.29, 1.82) is 0 Å². The van der Waals surface area contributed by atoms with E-state index in [1.807, 2.05) is 43.3 Å². The third-order valence-electron chi connectivity index (χ3n) is 7.41. The molecule has 7 heteroatoms. The molecule has 0 aliphatic heterocycles. The van der Waals surface area contributed by atoms with E-state index in [1.54, 1.807) is 6.20 Å². The quantitative estimate of drug-likeness (QED) is 0.286. The van der Waals surface area contributed by atoms with Crippen LogP contribution in [-0.2, 0) is 17.8 Å². The first kappa shape index (κ1) is 23.0. The first-order chi connectivity index (χ1) is 18.0. The Balaban J connectivity index is 1.43. The predicted octanol–water partition coefficient (Wildman–Crippen LogP) is 6.07. The number of pyridine rings is 1. The number of carbonyl (C=O) groups is 1. The van der Waals surface area contributed by atoms with Gasteiger partial charge in [0.1, 0.15) is 23.9 Å². The van der Waals surface area contributed by atoms with Crippen LogP contribution in [0.15, 0.2) is 66.9 Å². The summed E-state index contributed by atoms with van der Waals surface area (Å²) in [5.74, 6) is 0.221. The fourth-order valence-electron chi connectivity index (χ4n) is 5.20. The standard InChI is InChI=1S/C30H28N4O3/c1-18-5-2-10-28(24(18)16-29(35)36)37-17-26-25-15-19(11-12-27(25)34(33-26)20-6-3-7-20)21-8-4-9-23-22(21)13-14-32-30(23)31/h2,4-5,8-15,20H,3,6-7,16-17H2,1H3,(H2,31,32)(H,35,36). The lowest BCUT2D eigenvalue weighted by Gasteiger charge is -2.26. The average Bonchev–Trinajstić information content (AvgIpc) is 3.20. The summed E-state index contributed by atoms with van der Waals surface area (Å²) in [5.41, 5.74) is 11.8. The Morgan fingerprint density at radius 1 is 1.08 bits per heavy atom. The number of nitrogens with two attached hydrogens (primary N) is 1. The van der Waals surface area contributed by atoms with Gasteiger partial charge in [0.05, 0.1) is 18.0 Å². The Morgan fingerprint density at radius 3 is 2.70 bits per heavy atom. The summed E-state index contributed by atoms with van der Waals surface area (Å²) in [6.45, 7) is 2.16. The highest BCUT2D eigenvalue weighted by Crippen LogP contribution is 2.38. The molecule has 1 saturated carbocycles. The molecule has 3 aromatic carbocycles. The number of ether oxygens (including phenoxy) is 1. The van der Waals surface area contributed by atoms with Crippen molar-refractivity contribution in [2.24, 2.45) is 0 Å². The Hall–Kier alpha value is -4.39. The number of aryl methyl sites for hydroxylation is 1. The van der Waals surface area contributed by atoms with Crippen LogP contribution in [0.5, 0.6) is 5.75 Å². The molecule has 1 fully saturated rings. The Morgan fingerprint density at radius 2 is 1.92 bits per heavy atom. The van der Waals surface area contributed by atoms with Gasteiger partial charge in [0.2, 0.25) is 0 Å². The van der Waals surface area contributed by atoms with Crippen LogP contribution in [0.3, 0.4) is 0 Å². The van der Waals surface area contributed by atoms with Gasteiger partial charge in [-0.05, 0) is 72.5 Å². The molecule has 0 amide bonds. The van der Waals surface area contributed by atoms with Gasteiger partial charge in [0.25, 0.3) is 0 Å². The van der Waals surface area contributed by atoms with Crippen LogP contribution < -0.4 is 10.5 Å². The third-order valence-corrected chi connectivity index (χ3v) is 7.41. The van der Waals surface area contributed by atoms with E-state index in [4.69, 9.17) is 15.6 Å². The molecule has 186 valence electrons. The van der Waals surface area contributed by atoms with E-state index in [0.29, 0.717) is 23.2 Å². The molecule has 3 N–H and O–H groups in total. The minimum Gasteiger partial charge on any atom is -0.487 e. The molecule has 2 aromatic heterocycles. The smallest absolute Gasteiger partial charge is 0.307 e. The number of nitrogen functional groups attached to an aromatic ring is 1. The predicted molar refractivity (Wildman–Crippen MR) is 145 cm³/mol. The van der Waals surface area contributed by atoms with Crippen molar-refractivity contribution in [3.05, 3.63) is 83.7 Å². The number of hydrogen-bond donors (Lipinski definition) is 2. The number of nitrogens with zero attached hydrogens (tertiary/aromatic N) is 3. The van der Waals surface area contributed by atoms with Crippen molar-refractivity contribution >= 4 is 33.5 Å². The minimum absolute atomic E-state index is 0.0809. The Labute approximate surface area is 214 Å². The summed E-state index contributed by atoms with van der Waals surface area (Å²) in [6.07, 6.45) is 5.11. The van der Waals surface area contributed by atoms with Crippen LogP contribution in [-0.4, -0.2) is 25.8 Å². The van der Waals surface area contributed by atoms with Crippen molar-refractivity contribution in [3.8, 4) is 16.9 Å². The number of hydrogen-bond acceptors (Lipinski definition) is 5. The normalized spacial score (nSPS) is 13.6. The highest BCUT2D eigenvalue weighted by atomic mass is 16.5. The molecule has 37 heavy (non-hydrogen) atoms. The minimum atomic E-state index is -0.880. The first-order valence-electron chi connectivity index (χ1n) is 12.6. The number of aromatic nitrogens is 3. The summed E-state index contributed by atoms with van der Waals surface area (Å²) >= 11 is 0. The van der Waals surface area contributed by atoms with Gasteiger partial charge in [0, 0.05) is 22.5 Å². The van der Waals surface area contributed by atoms with Gasteiger partial charge in [-0.25, -0.2) is 4.98 Å². The van der Waals surface area contributed by atoms with Crippen molar-refractivity contribution in [2.45, 2.75) is 45.3 Å². The molecule has 0 spiro atoms. The van der Waals surface area contributed by atoms with Crippen molar-refractivity contribution in [3.63, 3.8) is 0 Å². The maximum atomic E-state index is 11.4. The van der Waals surface area contributed by atoms with E-state index in [9.17, 15) is 9.90 Å². The summed E-state index contributed by atoms with van der Waals surface area (Å²) in [7, 11) is 0. The largest absolute Gasteiger partial charge is 0.487 e. The average molecular weight is 493 g/mol. The van der Waals surface area contributed by atoms with Crippen LogP contribution in [0.4, 0.5) is 5.82 Å². The van der Waals surface area contributed by atoms with E-state index >= 15 is 0 Å². The van der Waals surface area contributed by atoms with Gasteiger partial charge in [-0.3, -0.25) is 9.48 Å². The van der Waals surface area contributed by atoms with Gasteiger partial charge in [0.15, 0.2) is 0 Å². The molecule has 6 rings (SSSR count). The summed E-state index contributed by atoms with van der Waals surface area (Å²) in [5, 5.41) is 17.4. The maximum absolute atomic E-state index is 11.4. The number of rotatable bonds is 7. The second-order valence-electron chi connectivity index (χ2n) is 9.72. The van der Waals surface area contributed by atoms with Gasteiger partial charge >= 0.3 is 5.97 Å². The lowest BCUT2D eigenvalue weighted by Crippen LogP contribution is -2.18. The lowest BCUT2D eigenvalue weighted by molar-refractivity contribution is -0.136. The zero-order valence-corrected chi connectivity index (χ0v) is 20.6. The second kappa shape index (κ2) is 9.24. The van der Waals surface area contributed by atoms with Crippen molar-refractivity contribution < 1.29 is 14.6 Å². The number of anilines is 1. The molecule has 1 aliphatic carbocycles. The SMILES string of the molecule is Cc1cccc(OCc2nn(C3CCC3)c3ccc(-c4cccc5c(N)nccc45)cc23)c1CC(=O)O. The molecule has 5 aromatic rings. The van der Waals surface area contributed by atoms with Gasteiger partial charge in [-0.15, -0.1) is 0 Å². The summed E-state index contributed by atoms with van der Waals surface area (Å²) in [6, 6.07) is 20.6. The molecule has 0 unspecified atom stereocenters. The van der Waals surface area contributed by atoms with E-state index in [1.165, 1.54) is 6.42 Å².